The first-order chi connectivity index (χ1) is 18.9. The van der Waals surface area contributed by atoms with Gasteiger partial charge < -0.3 is 26.2 Å². The van der Waals surface area contributed by atoms with E-state index in [1.807, 2.05) is 0 Å². The monoisotopic (exact) mass is 581 g/mol. The van der Waals surface area contributed by atoms with Gasteiger partial charge in [0.2, 0.25) is 11.7 Å². The van der Waals surface area contributed by atoms with Gasteiger partial charge in [0.1, 0.15) is 17.2 Å². The van der Waals surface area contributed by atoms with Gasteiger partial charge in [-0.3, -0.25) is 19.2 Å². The lowest BCUT2D eigenvalue weighted by Crippen LogP contribution is -2.62. The maximum atomic E-state index is 14.0. The summed E-state index contributed by atoms with van der Waals surface area (Å²) in [5.74, 6) is -2.97. The fourth-order valence-electron chi connectivity index (χ4n) is 6.31. The molecule has 222 valence electrons. The standard InChI is InChI=1S/C26H40ClN7O6/c1-25(2,39)20-14-30-31-33(20)17-13-19(32(15-17)23(37)18(28)12-16-6-4-3-5-7-16)24(38)34(27)26(21(35)22(29)36)8-10-40-11-9-26/h14,16-19,39H,3-13,15,28H2,1-2H3,(H2,29,36)/t17-,18+,19-/m0/s1. The van der Waals surface area contributed by atoms with Crippen LogP contribution in [-0.4, -0.2) is 90.3 Å². The summed E-state index contributed by atoms with van der Waals surface area (Å²) < 4.78 is 7.62. The van der Waals surface area contributed by atoms with E-state index in [1.165, 1.54) is 22.2 Å². The summed E-state index contributed by atoms with van der Waals surface area (Å²) in [6.45, 7) is 3.46. The Morgan fingerprint density at radius 3 is 2.48 bits per heavy atom. The van der Waals surface area contributed by atoms with Crippen LogP contribution in [0.15, 0.2) is 6.20 Å². The molecule has 1 aliphatic carbocycles. The number of aromatic nitrogens is 3. The molecule has 3 fully saturated rings. The zero-order valence-corrected chi connectivity index (χ0v) is 23.9. The smallest absolute Gasteiger partial charge is 0.287 e. The number of primary amides is 1. The number of rotatable bonds is 9. The fraction of sp³-hybridized carbons (Fsp3) is 0.769. The first-order valence-corrected chi connectivity index (χ1v) is 14.3. The molecule has 3 heterocycles. The third-order valence-corrected chi connectivity index (χ3v) is 9.05. The van der Waals surface area contributed by atoms with Gasteiger partial charge in [-0.15, -0.1) is 5.10 Å². The molecule has 3 aliphatic rings. The molecule has 0 spiro atoms. The second-order valence-corrected chi connectivity index (χ2v) is 12.2. The molecule has 3 amide bonds. The summed E-state index contributed by atoms with van der Waals surface area (Å²) in [5.41, 5.74) is 9.22. The Labute approximate surface area is 238 Å². The Hall–Kier alpha value is -2.61. The Bertz CT molecular complexity index is 1110. The second kappa shape index (κ2) is 12.1. The molecule has 3 atom stereocenters. The van der Waals surface area contributed by atoms with Gasteiger partial charge in [-0.1, -0.05) is 37.3 Å². The SMILES string of the molecule is CC(C)(O)c1cnnn1[C@H]1C[C@@H](C(=O)N(Cl)C2(C(=O)C(N)=O)CCOCC2)N(C(=O)[C@H](N)CC2CCCCC2)C1. The molecule has 0 bridgehead atoms. The lowest BCUT2D eigenvalue weighted by Gasteiger charge is -2.41. The predicted octanol–water partition coefficient (Wildman–Crippen LogP) is 0.531. The molecule has 40 heavy (non-hydrogen) atoms. The van der Waals surface area contributed by atoms with Gasteiger partial charge in [-0.05, 0) is 26.2 Å². The van der Waals surface area contributed by atoms with Crippen LogP contribution in [0.2, 0.25) is 0 Å². The first kappa shape index (κ1) is 30.4. The van der Waals surface area contributed by atoms with Crippen molar-refractivity contribution in [2.45, 2.75) is 101 Å². The third-order valence-electron chi connectivity index (χ3n) is 8.56. The van der Waals surface area contributed by atoms with Crippen LogP contribution in [0.5, 0.6) is 0 Å². The van der Waals surface area contributed by atoms with E-state index in [9.17, 15) is 24.3 Å². The van der Waals surface area contributed by atoms with Crippen molar-refractivity contribution < 1.29 is 29.0 Å². The van der Waals surface area contributed by atoms with Crippen molar-refractivity contribution >= 4 is 35.3 Å². The van der Waals surface area contributed by atoms with Gasteiger partial charge in [0.05, 0.1) is 24.0 Å². The summed E-state index contributed by atoms with van der Waals surface area (Å²) in [6.07, 6.45) is 7.41. The molecule has 5 N–H and O–H groups in total. The maximum absolute atomic E-state index is 14.0. The summed E-state index contributed by atoms with van der Waals surface area (Å²) in [7, 11) is 0. The van der Waals surface area contributed by atoms with E-state index < -0.39 is 52.8 Å². The lowest BCUT2D eigenvalue weighted by atomic mass is 9.84. The number of likely N-dealkylation sites (tertiary alicyclic amines) is 1. The van der Waals surface area contributed by atoms with Crippen LogP contribution >= 0.6 is 11.8 Å². The van der Waals surface area contributed by atoms with E-state index in [0.717, 1.165) is 30.1 Å². The van der Waals surface area contributed by atoms with E-state index in [1.54, 1.807) is 13.8 Å². The number of carbonyl (C=O) groups excluding carboxylic acids is 4. The molecular weight excluding hydrogens is 542 g/mol. The number of hydrogen-bond acceptors (Lipinski definition) is 9. The van der Waals surface area contributed by atoms with Crippen LogP contribution in [0.1, 0.15) is 83.4 Å². The zero-order valence-electron chi connectivity index (χ0n) is 23.1. The molecule has 2 saturated heterocycles. The quantitative estimate of drug-likeness (QED) is 0.276. The number of ketones is 1. The molecule has 0 radical (unpaired) electrons. The first-order valence-electron chi connectivity index (χ1n) is 14.0. The highest BCUT2D eigenvalue weighted by Gasteiger charge is 2.53. The van der Waals surface area contributed by atoms with Crippen LogP contribution < -0.4 is 11.5 Å². The number of nitrogens with zero attached hydrogens (tertiary/aromatic N) is 5. The number of amides is 3. The van der Waals surface area contributed by atoms with Gasteiger partial charge in [-0.25, -0.2) is 9.10 Å². The number of halogens is 1. The number of Topliss-reactive ketones (excluding diaryl/α,β-unsaturated/α-hetero) is 1. The lowest BCUT2D eigenvalue weighted by molar-refractivity contribution is -0.154. The molecule has 0 unspecified atom stereocenters. The minimum absolute atomic E-state index is 0.0127. The molecule has 1 aromatic rings. The minimum atomic E-state index is -1.69. The minimum Gasteiger partial charge on any atom is -0.384 e. The Morgan fingerprint density at radius 1 is 1.23 bits per heavy atom. The Balaban J connectivity index is 1.64. The highest BCUT2D eigenvalue weighted by Crippen LogP contribution is 2.37. The summed E-state index contributed by atoms with van der Waals surface area (Å²) >= 11 is 6.62. The van der Waals surface area contributed by atoms with Crippen molar-refractivity contribution in [3.63, 3.8) is 0 Å². The number of aliphatic hydroxyl groups is 1. The molecule has 2 aliphatic heterocycles. The molecule has 14 heteroatoms. The number of nitrogens with two attached hydrogens (primary N) is 2. The second-order valence-electron chi connectivity index (χ2n) is 11.8. The van der Waals surface area contributed by atoms with Crippen LogP contribution in [-0.2, 0) is 29.5 Å². The largest absolute Gasteiger partial charge is 0.384 e. The van der Waals surface area contributed by atoms with E-state index in [-0.39, 0.29) is 39.0 Å². The van der Waals surface area contributed by atoms with E-state index in [4.69, 9.17) is 28.0 Å². The summed E-state index contributed by atoms with van der Waals surface area (Å²) in [6, 6.07) is -2.44. The van der Waals surface area contributed by atoms with Gasteiger partial charge in [-0.2, -0.15) is 0 Å². The maximum Gasteiger partial charge on any atom is 0.287 e. The number of ether oxygens (including phenoxy) is 1. The van der Waals surface area contributed by atoms with Gasteiger partial charge >= 0.3 is 0 Å². The third kappa shape index (κ3) is 6.02. The van der Waals surface area contributed by atoms with Crippen molar-refractivity contribution in [1.82, 2.24) is 24.3 Å². The van der Waals surface area contributed by atoms with Crippen molar-refractivity contribution in [2.24, 2.45) is 17.4 Å². The van der Waals surface area contributed by atoms with Gasteiger partial charge in [0, 0.05) is 50.8 Å². The van der Waals surface area contributed by atoms with Crippen molar-refractivity contribution in [1.29, 1.82) is 0 Å². The Morgan fingerprint density at radius 2 is 1.88 bits per heavy atom. The van der Waals surface area contributed by atoms with Crippen LogP contribution in [0.4, 0.5) is 0 Å². The molecule has 4 rings (SSSR count). The van der Waals surface area contributed by atoms with Gasteiger partial charge in [0.25, 0.3) is 11.8 Å². The number of carbonyl (C=O) groups is 4. The van der Waals surface area contributed by atoms with Crippen molar-refractivity contribution in [2.75, 3.05) is 19.8 Å². The van der Waals surface area contributed by atoms with E-state index in [0.29, 0.717) is 18.0 Å². The molecule has 0 aromatic carbocycles. The number of hydrogen-bond donors (Lipinski definition) is 3. The summed E-state index contributed by atoms with van der Waals surface area (Å²) in [5, 5.41) is 18.7. The summed E-state index contributed by atoms with van der Waals surface area (Å²) in [4.78, 5) is 54.1. The molecule has 13 nitrogen and oxygen atoms in total. The highest BCUT2D eigenvalue weighted by atomic mass is 35.5. The average Bonchev–Trinajstić information content (AvgIpc) is 3.60. The molecule has 1 aromatic heterocycles. The zero-order chi connectivity index (χ0) is 29.2. The topological polar surface area (TPSA) is 187 Å². The normalized spacial score (nSPS) is 24.5. The van der Waals surface area contributed by atoms with Crippen molar-refractivity contribution in [3.05, 3.63) is 11.9 Å². The molecular formula is C26H40ClN7O6. The van der Waals surface area contributed by atoms with E-state index in [2.05, 4.69) is 10.3 Å². The van der Waals surface area contributed by atoms with Gasteiger partial charge in [0.15, 0.2) is 0 Å². The highest BCUT2D eigenvalue weighted by molar-refractivity contribution is 6.41. The fourth-order valence-corrected chi connectivity index (χ4v) is 6.67. The van der Waals surface area contributed by atoms with Crippen LogP contribution in [0, 0.1) is 5.92 Å². The van der Waals surface area contributed by atoms with Crippen molar-refractivity contribution in [3.8, 4) is 0 Å². The van der Waals surface area contributed by atoms with Crippen LogP contribution in [0.25, 0.3) is 0 Å². The molecule has 1 saturated carbocycles. The van der Waals surface area contributed by atoms with E-state index >= 15 is 0 Å². The Kier molecular flexibility index (Phi) is 9.18. The van der Waals surface area contributed by atoms with Crippen LogP contribution in [0.3, 0.4) is 0 Å². The predicted molar refractivity (Wildman–Crippen MR) is 143 cm³/mol. The average molecular weight is 582 g/mol.